The van der Waals surface area contributed by atoms with Crippen LogP contribution in [0.1, 0.15) is 39.0 Å². The van der Waals surface area contributed by atoms with Gasteiger partial charge in [0.2, 0.25) is 0 Å². The summed E-state index contributed by atoms with van der Waals surface area (Å²) >= 11 is 0. The number of hydrogen-bond acceptors (Lipinski definition) is 4. The Morgan fingerprint density at radius 3 is 2.67 bits per heavy atom. The molecule has 6 nitrogen and oxygen atoms in total. The smallest absolute Gasteiger partial charge is 0.194 e. The Labute approximate surface area is 163 Å². The van der Waals surface area contributed by atoms with Gasteiger partial charge in [-0.3, -0.25) is 4.99 Å². The third kappa shape index (κ3) is 7.84. The monoisotopic (exact) mass is 455 g/mol. The molecule has 1 atom stereocenters. The first-order valence-electron chi connectivity index (χ1n) is 9.09. The van der Waals surface area contributed by atoms with Gasteiger partial charge in [-0.1, -0.05) is 0 Å². The Hall–Kier alpha value is -0.120. The van der Waals surface area contributed by atoms with Gasteiger partial charge in [0.1, 0.15) is 0 Å². The molecule has 2 heterocycles. The second kappa shape index (κ2) is 13.1. The van der Waals surface area contributed by atoms with Crippen LogP contribution in [0.3, 0.4) is 0 Å². The second-order valence-electron chi connectivity index (χ2n) is 6.23. The Morgan fingerprint density at radius 1 is 1.25 bits per heavy atom. The molecule has 0 aromatic heterocycles. The van der Waals surface area contributed by atoms with E-state index in [2.05, 4.69) is 17.1 Å². The fourth-order valence-corrected chi connectivity index (χ4v) is 3.09. The first-order valence-corrected chi connectivity index (χ1v) is 9.09. The van der Waals surface area contributed by atoms with Crippen molar-refractivity contribution < 1.29 is 14.2 Å². The van der Waals surface area contributed by atoms with Crippen molar-refractivity contribution in [3.05, 3.63) is 0 Å². The molecule has 0 aliphatic carbocycles. The summed E-state index contributed by atoms with van der Waals surface area (Å²) in [4.78, 5) is 7.13. The number of methoxy groups -OCH3 is 1. The summed E-state index contributed by atoms with van der Waals surface area (Å²) in [5, 5.41) is 3.41. The number of halogens is 1. The van der Waals surface area contributed by atoms with Crippen molar-refractivity contribution in [1.29, 1.82) is 0 Å². The lowest BCUT2D eigenvalue weighted by Crippen LogP contribution is -2.47. The molecule has 142 valence electrons. The molecule has 0 aromatic carbocycles. The van der Waals surface area contributed by atoms with E-state index in [-0.39, 0.29) is 24.0 Å². The molecule has 1 N–H and O–H groups in total. The molecule has 1 unspecified atom stereocenters. The summed E-state index contributed by atoms with van der Waals surface area (Å²) in [5.74, 6) is 1.03. The second-order valence-corrected chi connectivity index (χ2v) is 6.23. The standard InChI is InChI=1S/C17H33N3O3.HI/c1-3-18-17(19-14-16-6-4-12-23-16)20-9-7-15(8-10-20)22-13-5-11-21-2;/h15-16H,3-14H2,1-2H3,(H,18,19);1H. The van der Waals surface area contributed by atoms with Gasteiger partial charge in [-0.2, -0.15) is 0 Å². The van der Waals surface area contributed by atoms with Crippen LogP contribution in [0.4, 0.5) is 0 Å². The molecule has 2 aliphatic heterocycles. The van der Waals surface area contributed by atoms with E-state index in [0.29, 0.717) is 12.2 Å². The average Bonchev–Trinajstić information content (AvgIpc) is 3.10. The highest BCUT2D eigenvalue weighted by Crippen LogP contribution is 2.15. The quantitative estimate of drug-likeness (QED) is 0.264. The van der Waals surface area contributed by atoms with Gasteiger partial charge in [0, 0.05) is 46.6 Å². The SMILES string of the molecule is CCNC(=NCC1CCCO1)N1CCC(OCCCOC)CC1.I. The van der Waals surface area contributed by atoms with Gasteiger partial charge >= 0.3 is 0 Å². The van der Waals surface area contributed by atoms with Gasteiger partial charge in [0.15, 0.2) is 5.96 Å². The number of guanidine groups is 1. The van der Waals surface area contributed by atoms with E-state index in [9.17, 15) is 0 Å². The van der Waals surface area contributed by atoms with E-state index in [1.165, 1.54) is 6.42 Å². The van der Waals surface area contributed by atoms with Crippen molar-refractivity contribution in [3.63, 3.8) is 0 Å². The van der Waals surface area contributed by atoms with Crippen LogP contribution < -0.4 is 5.32 Å². The van der Waals surface area contributed by atoms with Crippen LogP contribution in [0, 0.1) is 0 Å². The zero-order valence-electron chi connectivity index (χ0n) is 15.2. The molecular weight excluding hydrogens is 421 g/mol. The third-order valence-electron chi connectivity index (χ3n) is 4.39. The maximum Gasteiger partial charge on any atom is 0.194 e. The Balaban J connectivity index is 0.00000288. The van der Waals surface area contributed by atoms with Crippen molar-refractivity contribution in [2.45, 2.75) is 51.2 Å². The summed E-state index contributed by atoms with van der Waals surface area (Å²) in [6.45, 7) is 8.27. The van der Waals surface area contributed by atoms with Crippen LogP contribution in [0.5, 0.6) is 0 Å². The number of rotatable bonds is 8. The highest BCUT2D eigenvalue weighted by molar-refractivity contribution is 14.0. The van der Waals surface area contributed by atoms with E-state index in [1.807, 2.05) is 0 Å². The van der Waals surface area contributed by atoms with Crippen molar-refractivity contribution >= 4 is 29.9 Å². The highest BCUT2D eigenvalue weighted by Gasteiger charge is 2.22. The van der Waals surface area contributed by atoms with Gasteiger partial charge in [0.25, 0.3) is 0 Å². The maximum atomic E-state index is 5.93. The van der Waals surface area contributed by atoms with Crippen LogP contribution in [-0.2, 0) is 14.2 Å². The average molecular weight is 455 g/mol. The highest BCUT2D eigenvalue weighted by atomic mass is 127. The molecule has 2 rings (SSSR count). The van der Waals surface area contributed by atoms with Crippen molar-refractivity contribution in [2.24, 2.45) is 4.99 Å². The van der Waals surface area contributed by atoms with Crippen LogP contribution >= 0.6 is 24.0 Å². The van der Waals surface area contributed by atoms with Crippen molar-refractivity contribution in [3.8, 4) is 0 Å². The number of hydrogen-bond donors (Lipinski definition) is 1. The Kier molecular flexibility index (Phi) is 12.0. The zero-order chi connectivity index (χ0) is 16.3. The number of piperidine rings is 1. The number of aliphatic imine (C=N–C) groups is 1. The van der Waals surface area contributed by atoms with Gasteiger partial charge in [-0.25, -0.2) is 0 Å². The molecule has 2 fully saturated rings. The topological polar surface area (TPSA) is 55.3 Å². The van der Waals surface area contributed by atoms with E-state index in [0.717, 1.165) is 77.6 Å². The third-order valence-corrected chi connectivity index (χ3v) is 4.39. The molecule has 0 amide bonds. The van der Waals surface area contributed by atoms with E-state index < -0.39 is 0 Å². The van der Waals surface area contributed by atoms with Gasteiger partial charge in [0.05, 0.1) is 18.8 Å². The van der Waals surface area contributed by atoms with Gasteiger partial charge in [-0.15, -0.1) is 24.0 Å². The number of nitrogens with zero attached hydrogens (tertiary/aromatic N) is 2. The van der Waals surface area contributed by atoms with Crippen LogP contribution in [0.25, 0.3) is 0 Å². The minimum absolute atomic E-state index is 0. The lowest BCUT2D eigenvalue weighted by molar-refractivity contribution is 0.00985. The largest absolute Gasteiger partial charge is 0.385 e. The normalized spacial score (nSPS) is 22.5. The summed E-state index contributed by atoms with van der Waals surface area (Å²) in [6.07, 6.45) is 6.11. The van der Waals surface area contributed by atoms with Crippen molar-refractivity contribution in [1.82, 2.24) is 10.2 Å². The zero-order valence-corrected chi connectivity index (χ0v) is 17.5. The molecule has 2 saturated heterocycles. The molecule has 24 heavy (non-hydrogen) atoms. The molecule has 2 aliphatic rings. The molecular formula is C17H34IN3O3. The number of likely N-dealkylation sites (tertiary alicyclic amines) is 1. The summed E-state index contributed by atoms with van der Waals surface area (Å²) in [5.41, 5.74) is 0. The Morgan fingerprint density at radius 2 is 2.04 bits per heavy atom. The van der Waals surface area contributed by atoms with E-state index in [4.69, 9.17) is 19.2 Å². The lowest BCUT2D eigenvalue weighted by Gasteiger charge is -2.34. The molecule has 0 aromatic rings. The minimum atomic E-state index is 0. The van der Waals surface area contributed by atoms with E-state index in [1.54, 1.807) is 7.11 Å². The first kappa shape index (κ1) is 21.9. The molecule has 0 radical (unpaired) electrons. The molecule has 0 saturated carbocycles. The van der Waals surface area contributed by atoms with Crippen LogP contribution in [-0.4, -0.2) is 76.2 Å². The van der Waals surface area contributed by atoms with Crippen molar-refractivity contribution in [2.75, 3.05) is 53.1 Å². The molecule has 0 spiro atoms. The van der Waals surface area contributed by atoms with Crippen LogP contribution in [0.15, 0.2) is 4.99 Å². The minimum Gasteiger partial charge on any atom is -0.385 e. The fourth-order valence-electron chi connectivity index (χ4n) is 3.09. The van der Waals surface area contributed by atoms with Gasteiger partial charge in [-0.05, 0) is 39.0 Å². The summed E-state index contributed by atoms with van der Waals surface area (Å²) < 4.78 is 16.6. The number of nitrogens with one attached hydrogen (secondary N) is 1. The summed E-state index contributed by atoms with van der Waals surface area (Å²) in [6, 6.07) is 0. The molecule has 7 heteroatoms. The summed E-state index contributed by atoms with van der Waals surface area (Å²) in [7, 11) is 1.73. The predicted octanol–water partition coefficient (Wildman–Crippen LogP) is 2.27. The lowest BCUT2D eigenvalue weighted by atomic mass is 10.1. The maximum absolute atomic E-state index is 5.93. The Bertz CT molecular complexity index is 344. The van der Waals surface area contributed by atoms with E-state index >= 15 is 0 Å². The van der Waals surface area contributed by atoms with Gasteiger partial charge < -0.3 is 24.4 Å². The predicted molar refractivity (Wildman–Crippen MR) is 107 cm³/mol. The first-order chi connectivity index (χ1) is 11.3. The fraction of sp³-hybridized carbons (Fsp3) is 0.941. The number of ether oxygens (including phenoxy) is 3. The van der Waals surface area contributed by atoms with Crippen LogP contribution in [0.2, 0.25) is 0 Å². The molecule has 0 bridgehead atoms.